The number of carbonyl (C=O) groups excluding carboxylic acids is 1. The van der Waals surface area contributed by atoms with Crippen LogP contribution in [0, 0.1) is 0 Å². The van der Waals surface area contributed by atoms with Gasteiger partial charge >= 0.3 is 0 Å². The monoisotopic (exact) mass is 417 g/mol. The maximum atomic E-state index is 13.0. The zero-order valence-electron chi connectivity index (χ0n) is 17.2. The molecule has 1 aromatic carbocycles. The Kier molecular flexibility index (Phi) is 5.09. The van der Waals surface area contributed by atoms with Crippen molar-refractivity contribution >= 4 is 17.2 Å². The lowest BCUT2D eigenvalue weighted by molar-refractivity contribution is 0.102. The SMILES string of the molecule is COc1ccc(-n2nc(C3CCNCC3)cc2NC(=O)c2cc3ccncn3n2)cc1. The van der Waals surface area contributed by atoms with E-state index < -0.39 is 0 Å². The van der Waals surface area contributed by atoms with Crippen LogP contribution in [0.2, 0.25) is 0 Å². The molecule has 0 bridgehead atoms. The maximum Gasteiger partial charge on any atom is 0.277 e. The molecule has 0 aliphatic carbocycles. The highest BCUT2D eigenvalue weighted by atomic mass is 16.5. The average Bonchev–Trinajstić information content (AvgIpc) is 3.44. The molecule has 0 unspecified atom stereocenters. The lowest BCUT2D eigenvalue weighted by atomic mass is 9.95. The first-order valence-corrected chi connectivity index (χ1v) is 10.3. The Hall–Kier alpha value is -3.72. The Morgan fingerprint density at radius 3 is 2.68 bits per heavy atom. The van der Waals surface area contributed by atoms with E-state index in [9.17, 15) is 4.79 Å². The van der Waals surface area contributed by atoms with Gasteiger partial charge in [0.2, 0.25) is 0 Å². The van der Waals surface area contributed by atoms with Crippen molar-refractivity contribution in [1.82, 2.24) is 29.7 Å². The van der Waals surface area contributed by atoms with Crippen molar-refractivity contribution in [1.29, 1.82) is 0 Å². The van der Waals surface area contributed by atoms with Crippen LogP contribution in [0.15, 0.2) is 55.0 Å². The van der Waals surface area contributed by atoms with Crippen LogP contribution in [0.3, 0.4) is 0 Å². The highest BCUT2D eigenvalue weighted by Gasteiger charge is 2.22. The first-order chi connectivity index (χ1) is 15.2. The van der Waals surface area contributed by atoms with Crippen LogP contribution in [0.4, 0.5) is 5.82 Å². The molecule has 5 rings (SSSR count). The lowest BCUT2D eigenvalue weighted by Crippen LogP contribution is -2.26. The van der Waals surface area contributed by atoms with Crippen molar-refractivity contribution in [3.8, 4) is 11.4 Å². The summed E-state index contributed by atoms with van der Waals surface area (Å²) in [7, 11) is 1.63. The second-order valence-electron chi connectivity index (χ2n) is 7.52. The Balaban J connectivity index is 1.48. The van der Waals surface area contributed by atoms with E-state index in [1.165, 1.54) is 0 Å². The molecule has 1 amide bonds. The van der Waals surface area contributed by atoms with Gasteiger partial charge in [-0.25, -0.2) is 14.2 Å². The minimum absolute atomic E-state index is 0.296. The van der Waals surface area contributed by atoms with Crippen LogP contribution < -0.4 is 15.4 Å². The average molecular weight is 417 g/mol. The number of aromatic nitrogens is 5. The van der Waals surface area contributed by atoms with Crippen molar-refractivity contribution in [3.63, 3.8) is 0 Å². The fourth-order valence-electron chi connectivity index (χ4n) is 3.86. The van der Waals surface area contributed by atoms with Gasteiger partial charge in [0.05, 0.1) is 24.0 Å². The number of piperidine rings is 1. The Bertz CT molecular complexity index is 1170. The maximum absolute atomic E-state index is 13.0. The van der Waals surface area contributed by atoms with E-state index in [2.05, 4.69) is 20.7 Å². The van der Waals surface area contributed by atoms with Crippen LogP contribution in [0.25, 0.3) is 11.2 Å². The van der Waals surface area contributed by atoms with Gasteiger partial charge in [0.15, 0.2) is 5.69 Å². The normalized spacial score (nSPS) is 14.6. The summed E-state index contributed by atoms with van der Waals surface area (Å²) in [6, 6.07) is 13.1. The predicted octanol–water partition coefficient (Wildman–Crippen LogP) is 2.64. The quantitative estimate of drug-likeness (QED) is 0.518. The number of rotatable bonds is 5. The van der Waals surface area contributed by atoms with Gasteiger partial charge in [-0.15, -0.1) is 0 Å². The highest BCUT2D eigenvalue weighted by molar-refractivity contribution is 6.03. The number of benzene rings is 1. The number of carbonyl (C=O) groups is 1. The van der Waals surface area contributed by atoms with Crippen LogP contribution in [-0.4, -0.2) is 50.5 Å². The van der Waals surface area contributed by atoms with Crippen molar-refractivity contribution in [2.75, 3.05) is 25.5 Å². The number of methoxy groups -OCH3 is 1. The smallest absolute Gasteiger partial charge is 0.277 e. The van der Waals surface area contributed by atoms with Gasteiger partial charge < -0.3 is 15.4 Å². The molecule has 0 spiro atoms. The largest absolute Gasteiger partial charge is 0.497 e. The lowest BCUT2D eigenvalue weighted by Gasteiger charge is -2.20. The molecule has 1 fully saturated rings. The number of ether oxygens (including phenoxy) is 1. The molecule has 2 N–H and O–H groups in total. The molecule has 9 heteroatoms. The first kappa shape index (κ1) is 19.3. The summed E-state index contributed by atoms with van der Waals surface area (Å²) in [5, 5.41) is 15.5. The third kappa shape index (κ3) is 3.87. The fourth-order valence-corrected chi connectivity index (χ4v) is 3.86. The molecule has 0 atom stereocenters. The second-order valence-corrected chi connectivity index (χ2v) is 7.52. The summed E-state index contributed by atoms with van der Waals surface area (Å²) in [4.78, 5) is 17.0. The molecule has 31 heavy (non-hydrogen) atoms. The molecule has 4 heterocycles. The van der Waals surface area contributed by atoms with E-state index in [1.54, 1.807) is 41.0 Å². The number of fused-ring (bicyclic) bond motifs is 1. The van der Waals surface area contributed by atoms with Gasteiger partial charge in [0.25, 0.3) is 5.91 Å². The molecule has 9 nitrogen and oxygen atoms in total. The van der Waals surface area contributed by atoms with Crippen LogP contribution in [0.1, 0.15) is 34.9 Å². The molecule has 1 aliphatic heterocycles. The molecule has 1 aliphatic rings. The van der Waals surface area contributed by atoms with Crippen LogP contribution >= 0.6 is 0 Å². The van der Waals surface area contributed by atoms with Gasteiger partial charge in [0.1, 0.15) is 17.9 Å². The Morgan fingerprint density at radius 2 is 1.94 bits per heavy atom. The minimum Gasteiger partial charge on any atom is -0.497 e. The van der Waals surface area contributed by atoms with E-state index in [0.717, 1.165) is 48.6 Å². The van der Waals surface area contributed by atoms with E-state index in [1.807, 2.05) is 30.3 Å². The zero-order valence-corrected chi connectivity index (χ0v) is 17.2. The van der Waals surface area contributed by atoms with Crippen molar-refractivity contribution in [3.05, 3.63) is 66.4 Å². The number of nitrogens with zero attached hydrogens (tertiary/aromatic N) is 5. The summed E-state index contributed by atoms with van der Waals surface area (Å²) < 4.78 is 8.61. The van der Waals surface area contributed by atoms with E-state index in [0.29, 0.717) is 17.4 Å². The van der Waals surface area contributed by atoms with Gasteiger partial charge in [-0.2, -0.15) is 10.2 Å². The van der Waals surface area contributed by atoms with Gasteiger partial charge in [-0.3, -0.25) is 4.79 Å². The standard InChI is InChI=1S/C22H23N7O2/c1-31-18-4-2-16(3-5-18)29-21(13-19(27-29)15-6-9-23-10-7-15)25-22(30)20-12-17-8-11-24-14-28(17)26-20/h2-5,8,11-15,23H,6-7,9-10H2,1H3,(H,25,30). The van der Waals surface area contributed by atoms with E-state index >= 15 is 0 Å². The van der Waals surface area contributed by atoms with E-state index in [-0.39, 0.29) is 5.91 Å². The summed E-state index contributed by atoms with van der Waals surface area (Å²) in [5.74, 6) is 1.44. The zero-order chi connectivity index (χ0) is 21.2. The molecular formula is C22H23N7O2. The summed E-state index contributed by atoms with van der Waals surface area (Å²) in [5.41, 5.74) is 2.94. The summed E-state index contributed by atoms with van der Waals surface area (Å²) in [6.07, 6.45) is 5.28. The molecule has 0 saturated carbocycles. The topological polar surface area (TPSA) is 98.4 Å². The van der Waals surface area contributed by atoms with Crippen molar-refractivity contribution in [2.45, 2.75) is 18.8 Å². The number of hydrogen-bond donors (Lipinski definition) is 2. The summed E-state index contributed by atoms with van der Waals surface area (Å²) >= 11 is 0. The minimum atomic E-state index is -0.296. The third-order valence-corrected chi connectivity index (χ3v) is 5.55. The number of nitrogens with one attached hydrogen (secondary N) is 2. The molecule has 3 aromatic heterocycles. The van der Waals surface area contributed by atoms with E-state index in [4.69, 9.17) is 9.84 Å². The molecule has 4 aromatic rings. The predicted molar refractivity (Wildman–Crippen MR) is 116 cm³/mol. The highest BCUT2D eigenvalue weighted by Crippen LogP contribution is 2.29. The Labute approximate surface area is 179 Å². The molecule has 158 valence electrons. The molecular weight excluding hydrogens is 394 g/mol. The van der Waals surface area contributed by atoms with Crippen molar-refractivity contribution < 1.29 is 9.53 Å². The fraction of sp³-hybridized carbons (Fsp3) is 0.273. The molecule has 1 saturated heterocycles. The first-order valence-electron chi connectivity index (χ1n) is 10.3. The third-order valence-electron chi connectivity index (χ3n) is 5.55. The number of anilines is 1. The van der Waals surface area contributed by atoms with Gasteiger partial charge in [0, 0.05) is 18.2 Å². The van der Waals surface area contributed by atoms with Crippen LogP contribution in [-0.2, 0) is 0 Å². The number of hydrogen-bond acceptors (Lipinski definition) is 6. The van der Waals surface area contributed by atoms with Gasteiger partial charge in [-0.1, -0.05) is 0 Å². The van der Waals surface area contributed by atoms with Crippen molar-refractivity contribution in [2.24, 2.45) is 0 Å². The van der Waals surface area contributed by atoms with Crippen LogP contribution in [0.5, 0.6) is 5.75 Å². The second kappa shape index (κ2) is 8.19. The number of amides is 1. The van der Waals surface area contributed by atoms with Gasteiger partial charge in [-0.05, 0) is 62.3 Å². The Morgan fingerprint density at radius 1 is 1.13 bits per heavy atom. The summed E-state index contributed by atoms with van der Waals surface area (Å²) in [6.45, 7) is 1.94. The molecule has 0 radical (unpaired) electrons.